The van der Waals surface area contributed by atoms with Gasteiger partial charge in [0.2, 0.25) is 0 Å². The second kappa shape index (κ2) is 8.68. The summed E-state index contributed by atoms with van der Waals surface area (Å²) in [6, 6.07) is 4.57. The highest BCUT2D eigenvalue weighted by molar-refractivity contribution is 9.10. The van der Waals surface area contributed by atoms with Crippen molar-refractivity contribution in [3.05, 3.63) is 34.1 Å². The van der Waals surface area contributed by atoms with Gasteiger partial charge in [0.15, 0.2) is 0 Å². The van der Waals surface area contributed by atoms with Crippen LogP contribution in [0.3, 0.4) is 0 Å². The molecule has 0 radical (unpaired) electrons. The van der Waals surface area contributed by atoms with Gasteiger partial charge in [-0.15, -0.1) is 0 Å². The van der Waals surface area contributed by atoms with Crippen LogP contribution in [-0.2, 0) is 4.79 Å². The molecular weight excluding hydrogens is 329 g/mol. The van der Waals surface area contributed by atoms with E-state index in [1.165, 1.54) is 12.1 Å². The Bertz CT molecular complexity index is 479. The fraction of sp³-hybridized carbons (Fsp3) is 0.429. The molecular formula is C14H17BrFNO3. The predicted molar refractivity (Wildman–Crippen MR) is 77.2 cm³/mol. The van der Waals surface area contributed by atoms with Crippen molar-refractivity contribution in [2.24, 2.45) is 0 Å². The lowest BCUT2D eigenvalue weighted by molar-refractivity contribution is -0.137. The van der Waals surface area contributed by atoms with Gasteiger partial charge < -0.3 is 10.4 Å². The Kier molecular flexibility index (Phi) is 7.22. The van der Waals surface area contributed by atoms with Crippen LogP contribution in [0.2, 0.25) is 0 Å². The normalized spacial score (nSPS) is 10.3. The van der Waals surface area contributed by atoms with Crippen LogP contribution in [0.25, 0.3) is 0 Å². The van der Waals surface area contributed by atoms with Gasteiger partial charge in [0.05, 0.1) is 10.0 Å². The van der Waals surface area contributed by atoms with Gasteiger partial charge in [-0.3, -0.25) is 9.59 Å². The molecule has 1 amide bonds. The van der Waals surface area contributed by atoms with E-state index < -0.39 is 17.7 Å². The van der Waals surface area contributed by atoms with Crippen molar-refractivity contribution in [3.8, 4) is 0 Å². The van der Waals surface area contributed by atoms with Crippen molar-refractivity contribution in [3.63, 3.8) is 0 Å². The lowest BCUT2D eigenvalue weighted by Crippen LogP contribution is -2.25. The topological polar surface area (TPSA) is 66.4 Å². The number of carbonyl (C=O) groups is 2. The SMILES string of the molecule is O=C(O)CCCCCCNC(=O)c1cccc(Br)c1F. The van der Waals surface area contributed by atoms with Crippen molar-refractivity contribution >= 4 is 27.8 Å². The number of carbonyl (C=O) groups excluding carboxylic acids is 1. The van der Waals surface area contributed by atoms with Crippen LogP contribution in [0.15, 0.2) is 22.7 Å². The molecule has 4 nitrogen and oxygen atoms in total. The summed E-state index contributed by atoms with van der Waals surface area (Å²) in [4.78, 5) is 22.0. The van der Waals surface area contributed by atoms with E-state index in [1.54, 1.807) is 6.07 Å². The average Bonchev–Trinajstić information content (AvgIpc) is 2.40. The van der Waals surface area contributed by atoms with Gasteiger partial charge in [0.25, 0.3) is 5.91 Å². The number of unbranched alkanes of at least 4 members (excludes halogenated alkanes) is 3. The Balaban J connectivity index is 2.24. The Morgan fingerprint density at radius 2 is 1.90 bits per heavy atom. The molecule has 0 aliphatic heterocycles. The fourth-order valence-electron chi connectivity index (χ4n) is 1.73. The lowest BCUT2D eigenvalue weighted by Gasteiger charge is -2.06. The maximum atomic E-state index is 13.6. The highest BCUT2D eigenvalue weighted by Crippen LogP contribution is 2.18. The molecule has 6 heteroatoms. The summed E-state index contributed by atoms with van der Waals surface area (Å²) >= 11 is 3.03. The van der Waals surface area contributed by atoms with E-state index in [0.717, 1.165) is 19.3 Å². The van der Waals surface area contributed by atoms with Crippen molar-refractivity contribution < 1.29 is 19.1 Å². The first-order valence-electron chi connectivity index (χ1n) is 6.46. The van der Waals surface area contributed by atoms with E-state index in [2.05, 4.69) is 21.2 Å². The predicted octanol–water partition coefficient (Wildman–Crippen LogP) is 3.35. The van der Waals surface area contributed by atoms with Gasteiger partial charge in [-0.2, -0.15) is 0 Å². The number of aliphatic carboxylic acids is 1. The molecule has 2 N–H and O–H groups in total. The summed E-state index contributed by atoms with van der Waals surface area (Å²) in [7, 11) is 0. The first-order valence-corrected chi connectivity index (χ1v) is 7.25. The number of halogens is 2. The Hall–Kier alpha value is -1.43. The van der Waals surface area contributed by atoms with Crippen LogP contribution in [0.1, 0.15) is 42.5 Å². The molecule has 110 valence electrons. The standard InChI is InChI=1S/C14H17BrFNO3/c15-11-7-5-6-10(13(11)16)14(20)17-9-4-2-1-3-8-12(18)19/h5-7H,1-4,8-9H2,(H,17,20)(H,18,19). The number of hydrogen-bond donors (Lipinski definition) is 2. The van der Waals surface area contributed by atoms with Crippen molar-refractivity contribution in [1.82, 2.24) is 5.32 Å². The van der Waals surface area contributed by atoms with Gasteiger partial charge in [0, 0.05) is 13.0 Å². The third kappa shape index (κ3) is 5.69. The highest BCUT2D eigenvalue weighted by atomic mass is 79.9. The number of carboxylic acids is 1. The number of carboxylic acid groups (broad SMARTS) is 1. The molecule has 0 saturated heterocycles. The Morgan fingerprint density at radius 1 is 1.20 bits per heavy atom. The van der Waals surface area contributed by atoms with Crippen LogP contribution in [-0.4, -0.2) is 23.5 Å². The van der Waals surface area contributed by atoms with Gasteiger partial charge in [-0.05, 0) is 40.9 Å². The molecule has 0 aromatic heterocycles. The van der Waals surface area contributed by atoms with Crippen LogP contribution in [0, 0.1) is 5.82 Å². The molecule has 0 atom stereocenters. The van der Waals surface area contributed by atoms with Crippen molar-refractivity contribution in [2.45, 2.75) is 32.1 Å². The van der Waals surface area contributed by atoms with Gasteiger partial charge in [-0.1, -0.05) is 18.9 Å². The van der Waals surface area contributed by atoms with Crippen LogP contribution >= 0.6 is 15.9 Å². The summed E-state index contributed by atoms with van der Waals surface area (Å²) in [6.45, 7) is 0.456. The molecule has 0 bridgehead atoms. The van der Waals surface area contributed by atoms with Crippen LogP contribution < -0.4 is 5.32 Å². The smallest absolute Gasteiger partial charge is 0.303 e. The van der Waals surface area contributed by atoms with Crippen LogP contribution in [0.5, 0.6) is 0 Å². The van der Waals surface area contributed by atoms with Crippen molar-refractivity contribution in [2.75, 3.05) is 6.54 Å². The quantitative estimate of drug-likeness (QED) is 0.710. The first kappa shape index (κ1) is 16.6. The highest BCUT2D eigenvalue weighted by Gasteiger charge is 2.12. The molecule has 0 aliphatic carbocycles. The van der Waals surface area contributed by atoms with E-state index in [1.807, 2.05) is 0 Å². The van der Waals surface area contributed by atoms with Crippen LogP contribution in [0.4, 0.5) is 4.39 Å². The molecule has 0 spiro atoms. The maximum absolute atomic E-state index is 13.6. The van der Waals surface area contributed by atoms with E-state index >= 15 is 0 Å². The monoisotopic (exact) mass is 345 g/mol. The van der Waals surface area contributed by atoms with Crippen molar-refractivity contribution in [1.29, 1.82) is 0 Å². The van der Waals surface area contributed by atoms with E-state index in [4.69, 9.17) is 5.11 Å². The third-order valence-corrected chi connectivity index (χ3v) is 3.41. The molecule has 1 aromatic rings. The summed E-state index contributed by atoms with van der Waals surface area (Å²) in [6.07, 6.45) is 3.22. The van der Waals surface area contributed by atoms with E-state index in [-0.39, 0.29) is 16.5 Å². The zero-order chi connectivity index (χ0) is 15.0. The number of hydrogen-bond acceptors (Lipinski definition) is 2. The maximum Gasteiger partial charge on any atom is 0.303 e. The van der Waals surface area contributed by atoms with E-state index in [0.29, 0.717) is 13.0 Å². The molecule has 0 unspecified atom stereocenters. The van der Waals surface area contributed by atoms with Gasteiger partial charge in [0.1, 0.15) is 5.82 Å². The minimum atomic E-state index is -0.788. The van der Waals surface area contributed by atoms with Gasteiger partial charge >= 0.3 is 5.97 Å². The summed E-state index contributed by atoms with van der Waals surface area (Å²) in [5.41, 5.74) is 0.0188. The molecule has 1 rings (SSSR count). The van der Waals surface area contributed by atoms with E-state index in [9.17, 15) is 14.0 Å². The number of nitrogens with one attached hydrogen (secondary N) is 1. The summed E-state index contributed by atoms with van der Waals surface area (Å²) in [5.74, 6) is -1.79. The Labute approximate surface area is 125 Å². The number of benzene rings is 1. The third-order valence-electron chi connectivity index (χ3n) is 2.80. The Morgan fingerprint density at radius 3 is 2.60 bits per heavy atom. The molecule has 0 fully saturated rings. The summed E-state index contributed by atoms with van der Waals surface area (Å²) < 4.78 is 13.9. The van der Waals surface area contributed by atoms with Gasteiger partial charge in [-0.25, -0.2) is 4.39 Å². The molecule has 0 aliphatic rings. The minimum Gasteiger partial charge on any atom is -0.481 e. The zero-order valence-corrected chi connectivity index (χ0v) is 12.6. The minimum absolute atomic E-state index is 0.0188. The zero-order valence-electron chi connectivity index (χ0n) is 11.0. The first-order chi connectivity index (χ1) is 9.52. The number of amides is 1. The fourth-order valence-corrected chi connectivity index (χ4v) is 2.10. The lowest BCUT2D eigenvalue weighted by atomic mass is 10.1. The molecule has 20 heavy (non-hydrogen) atoms. The number of rotatable bonds is 8. The largest absolute Gasteiger partial charge is 0.481 e. The second-order valence-corrected chi connectivity index (χ2v) is 5.27. The molecule has 0 saturated carbocycles. The average molecular weight is 346 g/mol. The second-order valence-electron chi connectivity index (χ2n) is 4.42. The molecule has 1 aromatic carbocycles. The summed E-state index contributed by atoms with van der Waals surface area (Å²) in [5, 5.41) is 11.1. The molecule has 0 heterocycles.